The summed E-state index contributed by atoms with van der Waals surface area (Å²) in [5, 5.41) is 12.9. The van der Waals surface area contributed by atoms with Crippen molar-refractivity contribution in [3.05, 3.63) is 65.0 Å². The Morgan fingerprint density at radius 3 is 2.93 bits per heavy atom. The molecule has 5 rings (SSSR count). The van der Waals surface area contributed by atoms with Gasteiger partial charge in [0.05, 0.1) is 25.5 Å². The van der Waals surface area contributed by atoms with Gasteiger partial charge in [-0.25, -0.2) is 4.52 Å². The Balaban J connectivity index is 1.45. The minimum absolute atomic E-state index is 0.110. The van der Waals surface area contributed by atoms with E-state index in [1.165, 1.54) is 12.8 Å². The van der Waals surface area contributed by atoms with Crippen molar-refractivity contribution in [1.82, 2.24) is 29.2 Å². The van der Waals surface area contributed by atoms with Gasteiger partial charge < -0.3 is 9.30 Å². The molecule has 1 aliphatic rings. The highest BCUT2D eigenvalue weighted by molar-refractivity contribution is 5.66. The lowest BCUT2D eigenvalue weighted by atomic mass is 10.1. The second-order valence-corrected chi connectivity index (χ2v) is 7.20. The molecule has 0 spiro atoms. The molecule has 0 N–H and O–H groups in total. The molecule has 1 fully saturated rings. The van der Waals surface area contributed by atoms with Crippen molar-refractivity contribution >= 4 is 5.52 Å². The molecule has 0 aliphatic heterocycles. The molecule has 0 saturated heterocycles. The number of aromatic nitrogens is 6. The van der Waals surface area contributed by atoms with E-state index in [0.717, 1.165) is 35.2 Å². The molecule has 0 radical (unpaired) electrons. The summed E-state index contributed by atoms with van der Waals surface area (Å²) in [6, 6.07) is 9.43. The number of hydrogen-bond acceptors (Lipinski definition) is 5. The molecule has 1 aromatic carbocycles. The maximum absolute atomic E-state index is 12.9. The lowest BCUT2D eigenvalue weighted by Crippen LogP contribution is -2.21. The minimum atomic E-state index is -0.110. The van der Waals surface area contributed by atoms with Gasteiger partial charge in [0.1, 0.15) is 17.0 Å². The van der Waals surface area contributed by atoms with Crippen molar-refractivity contribution in [2.75, 3.05) is 7.11 Å². The minimum Gasteiger partial charge on any atom is -0.497 e. The number of fused-ring (bicyclic) bond motifs is 1. The highest BCUT2D eigenvalue weighted by Crippen LogP contribution is 2.30. The average molecular weight is 376 g/mol. The molecule has 0 unspecified atom stereocenters. The van der Waals surface area contributed by atoms with Gasteiger partial charge in [-0.05, 0) is 37.0 Å². The van der Waals surface area contributed by atoms with Crippen molar-refractivity contribution in [2.45, 2.75) is 25.9 Å². The maximum Gasteiger partial charge on any atom is 0.276 e. The molecule has 3 heterocycles. The largest absolute Gasteiger partial charge is 0.497 e. The Morgan fingerprint density at radius 1 is 1.21 bits per heavy atom. The van der Waals surface area contributed by atoms with Gasteiger partial charge in [0.15, 0.2) is 0 Å². The molecule has 1 aliphatic carbocycles. The highest BCUT2D eigenvalue weighted by atomic mass is 16.5. The standard InChI is InChI=1S/C20H20N6O2/c1-28-17-4-2-3-15(9-17)18-10-19-20(27)24(7-8-26(19)22-18)12-16-13-25(23-21-16)11-14-5-6-14/h2-4,7-10,13-14H,5-6,11-12H2,1H3. The van der Waals surface area contributed by atoms with E-state index < -0.39 is 0 Å². The van der Waals surface area contributed by atoms with Crippen LogP contribution in [-0.2, 0) is 13.1 Å². The number of ether oxygens (including phenoxy) is 1. The molecule has 4 aromatic rings. The molecule has 28 heavy (non-hydrogen) atoms. The van der Waals surface area contributed by atoms with E-state index in [-0.39, 0.29) is 5.56 Å². The van der Waals surface area contributed by atoms with Gasteiger partial charge in [0, 0.05) is 24.5 Å². The summed E-state index contributed by atoms with van der Waals surface area (Å²) in [5.74, 6) is 1.48. The third-order valence-electron chi connectivity index (χ3n) is 5.03. The van der Waals surface area contributed by atoms with Crippen LogP contribution in [-0.4, -0.2) is 36.3 Å². The Morgan fingerprint density at radius 2 is 2.11 bits per heavy atom. The van der Waals surface area contributed by atoms with Gasteiger partial charge in [-0.3, -0.25) is 9.48 Å². The van der Waals surface area contributed by atoms with Gasteiger partial charge in [-0.15, -0.1) is 5.10 Å². The molecular formula is C20H20N6O2. The van der Waals surface area contributed by atoms with Crippen molar-refractivity contribution in [1.29, 1.82) is 0 Å². The molecule has 0 bridgehead atoms. The summed E-state index contributed by atoms with van der Waals surface area (Å²) < 4.78 is 10.4. The predicted molar refractivity (Wildman–Crippen MR) is 103 cm³/mol. The predicted octanol–water partition coefficient (Wildman–Crippen LogP) is 2.22. The molecule has 1 saturated carbocycles. The van der Waals surface area contributed by atoms with Gasteiger partial charge in [-0.2, -0.15) is 5.10 Å². The van der Waals surface area contributed by atoms with Crippen LogP contribution in [0, 0.1) is 5.92 Å². The van der Waals surface area contributed by atoms with E-state index >= 15 is 0 Å². The topological polar surface area (TPSA) is 79.2 Å². The third kappa shape index (κ3) is 3.17. The Hall–Kier alpha value is -3.42. The van der Waals surface area contributed by atoms with Crippen molar-refractivity contribution in [2.24, 2.45) is 5.92 Å². The first kappa shape index (κ1) is 16.7. The zero-order valence-electron chi connectivity index (χ0n) is 15.5. The number of hydrogen-bond donors (Lipinski definition) is 0. The number of rotatable bonds is 6. The van der Waals surface area contributed by atoms with E-state index in [4.69, 9.17) is 4.74 Å². The SMILES string of the molecule is COc1cccc(-c2cc3c(=O)n(Cc4cn(CC5CC5)nn4)ccn3n2)c1. The summed E-state index contributed by atoms with van der Waals surface area (Å²) in [5.41, 5.74) is 2.81. The molecule has 8 heteroatoms. The molecule has 3 aromatic heterocycles. The smallest absolute Gasteiger partial charge is 0.276 e. The number of benzene rings is 1. The van der Waals surface area contributed by atoms with Crippen LogP contribution in [0.1, 0.15) is 18.5 Å². The summed E-state index contributed by atoms with van der Waals surface area (Å²) in [6.45, 7) is 1.30. The molecule has 8 nitrogen and oxygen atoms in total. The van der Waals surface area contributed by atoms with Crippen LogP contribution in [0.2, 0.25) is 0 Å². The fourth-order valence-corrected chi connectivity index (χ4v) is 3.31. The van der Waals surface area contributed by atoms with Crippen LogP contribution < -0.4 is 10.3 Å². The monoisotopic (exact) mass is 376 g/mol. The lowest BCUT2D eigenvalue weighted by Gasteiger charge is -2.03. The van der Waals surface area contributed by atoms with E-state index in [1.54, 1.807) is 34.7 Å². The first-order valence-electron chi connectivity index (χ1n) is 9.32. The van der Waals surface area contributed by atoms with Crippen molar-refractivity contribution in [3.63, 3.8) is 0 Å². The van der Waals surface area contributed by atoms with Crippen molar-refractivity contribution < 1.29 is 4.74 Å². The van der Waals surface area contributed by atoms with Crippen LogP contribution in [0.4, 0.5) is 0 Å². The summed E-state index contributed by atoms with van der Waals surface area (Å²) in [4.78, 5) is 12.9. The van der Waals surface area contributed by atoms with Crippen molar-refractivity contribution in [3.8, 4) is 17.0 Å². The maximum atomic E-state index is 12.9. The second-order valence-electron chi connectivity index (χ2n) is 7.20. The molecule has 0 amide bonds. The fourth-order valence-electron chi connectivity index (χ4n) is 3.31. The highest BCUT2D eigenvalue weighted by Gasteiger charge is 2.22. The van der Waals surface area contributed by atoms with Gasteiger partial charge in [0.2, 0.25) is 0 Å². The van der Waals surface area contributed by atoms with Crippen LogP contribution >= 0.6 is 0 Å². The fraction of sp³-hybridized carbons (Fsp3) is 0.300. The van der Waals surface area contributed by atoms with E-state index in [0.29, 0.717) is 12.1 Å². The Bertz CT molecular complexity index is 1200. The molecule has 142 valence electrons. The van der Waals surface area contributed by atoms with Crippen LogP contribution in [0.5, 0.6) is 5.75 Å². The summed E-state index contributed by atoms with van der Waals surface area (Å²) in [6.07, 6.45) is 7.98. The zero-order valence-corrected chi connectivity index (χ0v) is 15.5. The Kier molecular flexibility index (Phi) is 3.96. The van der Waals surface area contributed by atoms with E-state index in [1.807, 2.05) is 35.1 Å². The molecule has 0 atom stereocenters. The van der Waals surface area contributed by atoms with Gasteiger partial charge in [0.25, 0.3) is 5.56 Å². The lowest BCUT2D eigenvalue weighted by molar-refractivity contribution is 0.415. The first-order valence-corrected chi connectivity index (χ1v) is 9.32. The first-order chi connectivity index (χ1) is 13.7. The quantitative estimate of drug-likeness (QED) is 0.516. The molecular weight excluding hydrogens is 356 g/mol. The van der Waals surface area contributed by atoms with E-state index in [9.17, 15) is 4.79 Å². The van der Waals surface area contributed by atoms with Gasteiger partial charge >= 0.3 is 0 Å². The van der Waals surface area contributed by atoms with Crippen LogP contribution in [0.15, 0.2) is 53.7 Å². The zero-order chi connectivity index (χ0) is 19.1. The van der Waals surface area contributed by atoms with Crippen LogP contribution in [0.3, 0.4) is 0 Å². The third-order valence-corrected chi connectivity index (χ3v) is 5.03. The summed E-state index contributed by atoms with van der Waals surface area (Å²) >= 11 is 0. The second kappa shape index (κ2) is 6.63. The average Bonchev–Trinajstić information content (AvgIpc) is 3.24. The van der Waals surface area contributed by atoms with Gasteiger partial charge in [-0.1, -0.05) is 17.3 Å². The number of nitrogens with zero attached hydrogens (tertiary/aromatic N) is 6. The number of methoxy groups -OCH3 is 1. The van der Waals surface area contributed by atoms with Crippen LogP contribution in [0.25, 0.3) is 16.8 Å². The summed E-state index contributed by atoms with van der Waals surface area (Å²) in [7, 11) is 1.63. The van der Waals surface area contributed by atoms with E-state index in [2.05, 4.69) is 15.4 Å². The normalized spacial score (nSPS) is 13.9. The Labute approximate surface area is 161 Å².